The number of ether oxygens (including phenoxy) is 3. The molecular formula is C88H108N12O17S. The number of nitrogens with zero attached hydrogens (tertiary/aromatic N) is 5. The van der Waals surface area contributed by atoms with E-state index in [-0.39, 0.29) is 89.4 Å². The molecule has 0 unspecified atom stereocenters. The van der Waals surface area contributed by atoms with Gasteiger partial charge in [0.25, 0.3) is 0 Å². The first-order valence-electron chi connectivity index (χ1n) is 40.1. The van der Waals surface area contributed by atoms with Crippen LogP contribution in [0.3, 0.4) is 0 Å². The number of aliphatic carboxylic acids is 1. The van der Waals surface area contributed by atoms with Crippen molar-refractivity contribution in [1.82, 2.24) is 61.4 Å². The molecule has 118 heavy (non-hydrogen) atoms. The number of sulfonamides is 1. The number of carboxylic acids is 1. The summed E-state index contributed by atoms with van der Waals surface area (Å²) >= 11 is 0. The molecule has 7 heterocycles. The van der Waals surface area contributed by atoms with Crippen LogP contribution in [0.15, 0.2) is 158 Å². The fourth-order valence-electron chi connectivity index (χ4n) is 14.9. The number of aromatic hydroxyl groups is 1. The third-order valence-electron chi connectivity index (χ3n) is 22.5. The molecule has 1 aliphatic carbocycles. The average Bonchev–Trinajstić information content (AvgIpc) is 1.70. The van der Waals surface area contributed by atoms with Crippen molar-refractivity contribution >= 4 is 79.7 Å². The molecule has 7 amide bonds. The Kier molecular flexibility index (Phi) is 28.6. The predicted octanol–water partition coefficient (Wildman–Crippen LogP) is 6.82. The molecule has 0 spiro atoms. The largest absolute Gasteiger partial charge is 0.508 e. The highest BCUT2D eigenvalue weighted by molar-refractivity contribution is 7.90. The number of hydrogen-bond acceptors (Lipinski definition) is 20. The lowest BCUT2D eigenvalue weighted by Crippen LogP contribution is -2.60. The monoisotopic (exact) mass is 1640 g/mol. The highest BCUT2D eigenvalue weighted by atomic mass is 32.2. The van der Waals surface area contributed by atoms with Gasteiger partial charge in [-0.25, -0.2) is 17.9 Å². The summed E-state index contributed by atoms with van der Waals surface area (Å²) in [6.07, 6.45) is 3.58. The van der Waals surface area contributed by atoms with Crippen molar-refractivity contribution in [3.8, 4) is 28.4 Å². The van der Waals surface area contributed by atoms with Crippen LogP contribution in [0, 0.1) is 22.7 Å². The zero-order valence-electron chi connectivity index (χ0n) is 68.3. The molecule has 9 N–H and O–H groups in total. The van der Waals surface area contributed by atoms with E-state index in [1.165, 1.54) is 14.5 Å². The maximum absolute atomic E-state index is 15.4. The third kappa shape index (κ3) is 22.9. The number of amides is 7. The van der Waals surface area contributed by atoms with Crippen molar-refractivity contribution in [3.63, 3.8) is 0 Å². The molecule has 7 aromatic rings. The van der Waals surface area contributed by atoms with Gasteiger partial charge >= 0.3 is 5.97 Å². The predicted molar refractivity (Wildman–Crippen MR) is 441 cm³/mol. The second-order valence-electron chi connectivity index (χ2n) is 33.4. The number of rotatable bonds is 18. The highest BCUT2D eigenvalue weighted by Gasteiger charge is 2.49. The first-order chi connectivity index (χ1) is 56.1. The average molecular weight is 1640 g/mol. The SMILES string of the molecule is CN[C@@H](C)C(=O)C[C@H](C(=O)N1C[C@@H]2C[C@H]1C(=O)N[C@@H](Cc1ccc(-c3ccc(O)cc3)cc1)C(=O)C[C@H](C(=O)NS(=O)(=O)C1CC1)Cc1ccc(cc1)OCc1cn(nn1)[C@H]1C[C@@H](C(=O)N[C@@H](Cc3ccc4ccccc4c3)C(=O)N[C@H](C(=O)O)Cc3ccc(cc3)OC/C=C/CO2)N(C(=O)[C@@H](NC(=O)[C@H](C)NC)C(C)(C)C)C1)C(C)(C)C. The fourth-order valence-corrected chi connectivity index (χ4v) is 16.3. The lowest BCUT2D eigenvalue weighted by atomic mass is 9.76. The first kappa shape index (κ1) is 87.6. The van der Waals surface area contributed by atoms with Gasteiger partial charge in [-0.3, -0.25) is 47.9 Å². The van der Waals surface area contributed by atoms with E-state index in [1.54, 1.807) is 152 Å². The molecule has 6 aliphatic heterocycles. The van der Waals surface area contributed by atoms with Crippen LogP contribution in [0.1, 0.15) is 128 Å². The van der Waals surface area contributed by atoms with Gasteiger partial charge in [0.2, 0.25) is 51.4 Å². The molecule has 10 bridgehead atoms. The number of carbonyl (C=O) groups is 10. The summed E-state index contributed by atoms with van der Waals surface area (Å²) < 4.78 is 49.6. The van der Waals surface area contributed by atoms with Gasteiger partial charge in [-0.15, -0.1) is 5.10 Å². The summed E-state index contributed by atoms with van der Waals surface area (Å²) in [4.78, 5) is 150. The molecule has 2 saturated heterocycles. The van der Waals surface area contributed by atoms with Gasteiger partial charge in [0.05, 0.1) is 48.3 Å². The normalized spacial score (nSPS) is 22.3. The second-order valence-corrected chi connectivity index (χ2v) is 35.4. The molecule has 3 fully saturated rings. The van der Waals surface area contributed by atoms with E-state index in [9.17, 15) is 42.6 Å². The lowest BCUT2D eigenvalue weighted by molar-refractivity contribution is -0.147. The number of likely N-dealkylation sites (N-methyl/N-ethyl adjacent to an activating group) is 2. The van der Waals surface area contributed by atoms with Gasteiger partial charge in [-0.05, 0) is 151 Å². The van der Waals surface area contributed by atoms with Crippen LogP contribution in [0.25, 0.3) is 21.9 Å². The lowest BCUT2D eigenvalue weighted by Gasteiger charge is -2.36. The van der Waals surface area contributed by atoms with E-state index < -0.39 is 158 Å². The molecule has 30 heteroatoms. The molecule has 1 aromatic heterocycles. The van der Waals surface area contributed by atoms with Crippen LogP contribution in [-0.2, 0) is 95.0 Å². The third-order valence-corrected chi connectivity index (χ3v) is 24.3. The molecule has 29 nitrogen and oxygen atoms in total. The Morgan fingerprint density at radius 1 is 0.627 bits per heavy atom. The van der Waals surface area contributed by atoms with Crippen molar-refractivity contribution < 1.29 is 80.8 Å². The van der Waals surface area contributed by atoms with Crippen molar-refractivity contribution in [1.29, 1.82) is 0 Å². The van der Waals surface area contributed by atoms with Gasteiger partial charge in [-0.1, -0.05) is 156 Å². The van der Waals surface area contributed by atoms with Crippen LogP contribution in [0.4, 0.5) is 0 Å². The summed E-state index contributed by atoms with van der Waals surface area (Å²) in [7, 11) is -0.905. The van der Waals surface area contributed by atoms with Gasteiger partial charge < -0.3 is 66.1 Å². The van der Waals surface area contributed by atoms with Gasteiger partial charge in [0.1, 0.15) is 72.1 Å². The molecular weight excluding hydrogens is 1530 g/mol. The molecule has 14 rings (SSSR count). The van der Waals surface area contributed by atoms with E-state index >= 15 is 24.0 Å². The van der Waals surface area contributed by atoms with Crippen molar-refractivity contribution in [2.45, 2.75) is 192 Å². The van der Waals surface area contributed by atoms with E-state index in [0.717, 1.165) is 21.9 Å². The molecule has 7 aliphatic rings. The maximum atomic E-state index is 15.4. The number of fused-ring (bicyclic) bond motifs is 1. The van der Waals surface area contributed by atoms with E-state index in [4.69, 9.17) is 14.2 Å². The highest BCUT2D eigenvalue weighted by Crippen LogP contribution is 2.37. The number of nitrogens with one attached hydrogen (secondary N) is 7. The molecule has 0 radical (unpaired) electrons. The number of phenolic OH excluding ortho intramolecular Hbond substituents is 1. The first-order valence-corrected chi connectivity index (χ1v) is 41.6. The van der Waals surface area contributed by atoms with Gasteiger partial charge in [-0.2, -0.15) is 0 Å². The van der Waals surface area contributed by atoms with Crippen LogP contribution in [0.2, 0.25) is 0 Å². The number of benzene rings is 6. The number of carboxylic acid groups (broad SMARTS) is 1. The zero-order chi connectivity index (χ0) is 84.9. The smallest absolute Gasteiger partial charge is 0.326 e. The van der Waals surface area contributed by atoms with E-state index in [2.05, 4.69) is 46.9 Å². The molecule has 1 saturated carbocycles. The number of Topliss-reactive ketones (excluding diaryl/α,β-unsaturated/α-hetero) is 2. The topological polar surface area (TPSA) is 394 Å². The minimum Gasteiger partial charge on any atom is -0.508 e. The van der Waals surface area contributed by atoms with Crippen LogP contribution >= 0.6 is 0 Å². The number of carbonyl (C=O) groups excluding carboxylic acids is 9. The number of likely N-dealkylation sites (tertiary alicyclic amines) is 2. The summed E-state index contributed by atoms with van der Waals surface area (Å²) in [5.41, 5.74) is 2.45. The second kappa shape index (κ2) is 38.5. The summed E-state index contributed by atoms with van der Waals surface area (Å²) in [5, 5.41) is 48.0. The van der Waals surface area contributed by atoms with Gasteiger partial charge in [0, 0.05) is 63.5 Å². The van der Waals surface area contributed by atoms with Crippen LogP contribution < -0.4 is 46.1 Å². The Bertz CT molecular complexity index is 4930. The summed E-state index contributed by atoms with van der Waals surface area (Å²) in [5.74, 6) is -8.37. The maximum Gasteiger partial charge on any atom is 0.326 e. The Morgan fingerprint density at radius 2 is 1.21 bits per heavy atom. The van der Waals surface area contributed by atoms with E-state index in [1.807, 2.05) is 75.4 Å². The Balaban J connectivity index is 0.924. The quantitative estimate of drug-likeness (QED) is 0.0398. The standard InChI is InChI=1S/C88H108N12O17S/c1-52(89-9)76(102)47-70(87(3,4)5)84(109)99-50-68-46-75(99)83(108)91-71(41-55-17-24-59(25-18-55)60-27-29-65(101)30-28-60)77(103)44-62(80(105)96-118(113,114)69-35-36-69)39-54-20-33-67(34-21-54)117-51-63-48-100(97-95-63)64-45-74(98(49-64)85(110)78(88(6,7)8)94-79(104)53(2)90-10)82(107)92-72(43-57-19-26-58-15-11-12-16-61(58)40-57)81(106)93-73(86(111)112)42-56-22-31-66(32-23-56)115-37-13-14-38-116-68/h11-34,40,48,52-53,62,64,68-75,78,89-90,101H,35-39,41-47,49-51H2,1-10H3,(H,91,108)(H,92,107)(H,93,106)(H,94,104)(H,96,105)(H,111,112)/b14-13+/t52-,53-,62+,64-,68-,70+,71-,72-,73-,74-,75-,78+/m0/s1. The Morgan fingerprint density at radius 3 is 1.84 bits per heavy atom. The minimum atomic E-state index is -4.15. The number of aromatic nitrogens is 3. The number of phenols is 1. The Hall–Kier alpha value is -11.2. The van der Waals surface area contributed by atoms with Crippen LogP contribution in [0.5, 0.6) is 17.2 Å². The molecule has 12 atom stereocenters. The number of ketones is 2. The van der Waals surface area contributed by atoms with Crippen LogP contribution in [-0.4, -0.2) is 202 Å². The van der Waals surface area contributed by atoms with Crippen molar-refractivity contribution in [2.24, 2.45) is 22.7 Å². The minimum absolute atomic E-state index is 0.00513. The van der Waals surface area contributed by atoms with Crippen molar-refractivity contribution in [3.05, 3.63) is 186 Å². The fraction of sp³-hybridized carbons (Fsp3) is 0.455. The van der Waals surface area contributed by atoms with Gasteiger partial charge in [0.15, 0.2) is 5.78 Å². The number of hydrogen-bond donors (Lipinski definition) is 9. The Labute approximate surface area is 687 Å². The summed E-state index contributed by atoms with van der Waals surface area (Å²) in [6.45, 7) is 13.9. The molecule has 628 valence electrons. The zero-order valence-corrected chi connectivity index (χ0v) is 69.1. The van der Waals surface area contributed by atoms with E-state index in [0.29, 0.717) is 52.3 Å². The molecule has 6 aromatic carbocycles. The summed E-state index contributed by atoms with van der Waals surface area (Å²) in [6, 6.07) is 30.1. The van der Waals surface area contributed by atoms with Crippen molar-refractivity contribution in [2.75, 3.05) is 40.4 Å².